The highest BCUT2D eigenvalue weighted by molar-refractivity contribution is 5.38. The van der Waals surface area contributed by atoms with Gasteiger partial charge in [0.05, 0.1) is 5.69 Å². The first-order chi connectivity index (χ1) is 9.33. The lowest BCUT2D eigenvalue weighted by atomic mass is 10.1. The molecule has 100 valence electrons. The highest BCUT2D eigenvalue weighted by atomic mass is 15.6. The number of tetrazole rings is 1. The summed E-state index contributed by atoms with van der Waals surface area (Å²) in [7, 11) is 2.15. The topological polar surface area (TPSA) is 58.9 Å². The normalized spacial score (nSPS) is 20.4. The van der Waals surface area contributed by atoms with Gasteiger partial charge in [0, 0.05) is 12.6 Å². The largest absolute Gasteiger partial charge is 0.349 e. The van der Waals surface area contributed by atoms with Crippen molar-refractivity contribution in [1.29, 1.82) is 0 Å². The molecule has 0 spiro atoms. The Morgan fingerprint density at radius 1 is 1.26 bits per heavy atom. The number of piperidine rings is 1. The molecule has 6 heteroatoms. The van der Waals surface area contributed by atoms with Gasteiger partial charge in [-0.3, -0.25) is 0 Å². The summed E-state index contributed by atoms with van der Waals surface area (Å²) in [5, 5.41) is 15.3. The number of benzene rings is 1. The molecule has 3 rings (SSSR count). The van der Waals surface area contributed by atoms with Crippen LogP contribution in [0.2, 0.25) is 0 Å². The fourth-order valence-corrected chi connectivity index (χ4v) is 2.49. The van der Waals surface area contributed by atoms with E-state index in [1.165, 1.54) is 13.0 Å². The van der Waals surface area contributed by atoms with Crippen LogP contribution in [-0.2, 0) is 0 Å². The second-order valence-electron chi connectivity index (χ2n) is 5.00. The van der Waals surface area contributed by atoms with Crippen LogP contribution in [0.1, 0.15) is 12.8 Å². The molecule has 0 saturated carbocycles. The van der Waals surface area contributed by atoms with E-state index >= 15 is 0 Å². The third kappa shape index (κ3) is 2.73. The maximum Gasteiger partial charge on any atom is 0.248 e. The van der Waals surface area contributed by atoms with Gasteiger partial charge in [0.2, 0.25) is 5.95 Å². The van der Waals surface area contributed by atoms with Gasteiger partial charge in [-0.05, 0) is 49.0 Å². The average molecular weight is 258 g/mol. The van der Waals surface area contributed by atoms with E-state index in [1.807, 2.05) is 30.3 Å². The van der Waals surface area contributed by atoms with Crippen LogP contribution in [0.5, 0.6) is 0 Å². The van der Waals surface area contributed by atoms with Crippen molar-refractivity contribution in [2.45, 2.75) is 18.9 Å². The van der Waals surface area contributed by atoms with E-state index in [9.17, 15) is 0 Å². The van der Waals surface area contributed by atoms with Crippen molar-refractivity contribution in [3.8, 4) is 5.69 Å². The van der Waals surface area contributed by atoms with Crippen LogP contribution >= 0.6 is 0 Å². The number of anilines is 1. The molecule has 2 aromatic rings. The van der Waals surface area contributed by atoms with Gasteiger partial charge in [0.1, 0.15) is 0 Å². The van der Waals surface area contributed by atoms with Crippen LogP contribution in [0, 0.1) is 0 Å². The van der Waals surface area contributed by atoms with Crippen molar-refractivity contribution in [1.82, 2.24) is 25.1 Å². The van der Waals surface area contributed by atoms with E-state index in [4.69, 9.17) is 0 Å². The smallest absolute Gasteiger partial charge is 0.248 e. The van der Waals surface area contributed by atoms with Gasteiger partial charge in [-0.15, -0.1) is 0 Å². The summed E-state index contributed by atoms with van der Waals surface area (Å²) >= 11 is 0. The number of likely N-dealkylation sites (N-methyl/N-ethyl adjacent to an activating group) is 1. The van der Waals surface area contributed by atoms with Crippen LogP contribution < -0.4 is 5.32 Å². The number of hydrogen-bond donors (Lipinski definition) is 1. The highest BCUT2D eigenvalue weighted by Crippen LogP contribution is 2.15. The molecular weight excluding hydrogens is 240 g/mol. The van der Waals surface area contributed by atoms with Gasteiger partial charge < -0.3 is 10.2 Å². The minimum absolute atomic E-state index is 0.409. The van der Waals surface area contributed by atoms with Crippen molar-refractivity contribution in [2.75, 3.05) is 25.5 Å². The molecule has 1 atom stereocenters. The lowest BCUT2D eigenvalue weighted by Gasteiger charge is -2.30. The Morgan fingerprint density at radius 2 is 2.11 bits per heavy atom. The van der Waals surface area contributed by atoms with E-state index in [0.717, 1.165) is 18.7 Å². The predicted molar refractivity (Wildman–Crippen MR) is 73.3 cm³/mol. The Labute approximate surface area is 112 Å². The minimum Gasteiger partial charge on any atom is -0.349 e. The van der Waals surface area contributed by atoms with Gasteiger partial charge >= 0.3 is 0 Å². The third-order valence-corrected chi connectivity index (χ3v) is 3.43. The third-order valence-electron chi connectivity index (χ3n) is 3.43. The first-order valence-electron chi connectivity index (χ1n) is 6.62. The molecule has 1 N–H and O–H groups in total. The zero-order valence-corrected chi connectivity index (χ0v) is 11.0. The Morgan fingerprint density at radius 3 is 2.89 bits per heavy atom. The maximum atomic E-state index is 4.08. The fraction of sp³-hybridized carbons (Fsp3) is 0.462. The van der Waals surface area contributed by atoms with Crippen molar-refractivity contribution in [3.63, 3.8) is 0 Å². The monoisotopic (exact) mass is 258 g/mol. The second kappa shape index (κ2) is 5.36. The molecule has 1 aromatic carbocycles. The van der Waals surface area contributed by atoms with Crippen molar-refractivity contribution in [2.24, 2.45) is 0 Å². The number of rotatable bonds is 3. The second-order valence-corrected chi connectivity index (χ2v) is 5.00. The summed E-state index contributed by atoms with van der Waals surface area (Å²) in [6.07, 6.45) is 2.37. The summed E-state index contributed by atoms with van der Waals surface area (Å²) in [5.74, 6) is 0.714. The molecule has 1 aliphatic rings. The van der Waals surface area contributed by atoms with E-state index < -0.39 is 0 Å². The molecule has 1 fully saturated rings. The van der Waals surface area contributed by atoms with Gasteiger partial charge in [0.25, 0.3) is 0 Å². The van der Waals surface area contributed by atoms with E-state index in [1.54, 1.807) is 4.68 Å². The molecule has 1 aromatic heterocycles. The summed E-state index contributed by atoms with van der Waals surface area (Å²) in [6.45, 7) is 2.20. The van der Waals surface area contributed by atoms with Crippen molar-refractivity contribution >= 4 is 5.95 Å². The molecule has 2 heterocycles. The quantitative estimate of drug-likeness (QED) is 0.895. The van der Waals surface area contributed by atoms with Crippen LogP contribution in [0.3, 0.4) is 0 Å². The molecule has 0 aliphatic carbocycles. The molecular formula is C13H18N6. The summed E-state index contributed by atoms with van der Waals surface area (Å²) < 4.78 is 1.74. The number of nitrogens with one attached hydrogen (secondary N) is 1. The standard InChI is InChI=1S/C13H18N6/c1-18-9-5-6-11(10-18)14-13-15-16-17-19(13)12-7-3-2-4-8-12/h2-4,7-8,11H,5-6,9-10H2,1H3,(H,14,15,17). The van der Waals surface area contributed by atoms with E-state index in [2.05, 4.69) is 32.8 Å². The zero-order chi connectivity index (χ0) is 13.1. The lowest BCUT2D eigenvalue weighted by Crippen LogP contribution is -2.40. The van der Waals surface area contributed by atoms with Gasteiger partial charge in [0.15, 0.2) is 0 Å². The Kier molecular flexibility index (Phi) is 3.41. The lowest BCUT2D eigenvalue weighted by molar-refractivity contribution is 0.260. The van der Waals surface area contributed by atoms with Crippen LogP contribution in [-0.4, -0.2) is 51.3 Å². The zero-order valence-electron chi connectivity index (χ0n) is 11.0. The van der Waals surface area contributed by atoms with Crippen molar-refractivity contribution in [3.05, 3.63) is 30.3 Å². The Bertz CT molecular complexity index is 523. The summed E-state index contributed by atoms with van der Waals surface area (Å²) in [5.41, 5.74) is 0.971. The Hall–Kier alpha value is -1.95. The molecule has 6 nitrogen and oxygen atoms in total. The van der Waals surface area contributed by atoms with Gasteiger partial charge in [-0.25, -0.2) is 0 Å². The molecule has 0 bridgehead atoms. The van der Waals surface area contributed by atoms with Crippen LogP contribution in [0.15, 0.2) is 30.3 Å². The van der Waals surface area contributed by atoms with Crippen LogP contribution in [0.25, 0.3) is 5.69 Å². The number of likely N-dealkylation sites (tertiary alicyclic amines) is 1. The van der Waals surface area contributed by atoms with Crippen molar-refractivity contribution < 1.29 is 0 Å². The Balaban J connectivity index is 1.77. The predicted octanol–water partition coefficient (Wildman–Crippen LogP) is 1.17. The number of para-hydroxylation sites is 1. The number of hydrogen-bond acceptors (Lipinski definition) is 5. The van der Waals surface area contributed by atoms with Gasteiger partial charge in [-0.2, -0.15) is 4.68 Å². The molecule has 1 aliphatic heterocycles. The van der Waals surface area contributed by atoms with Gasteiger partial charge in [-0.1, -0.05) is 23.3 Å². The SMILES string of the molecule is CN1CCCC(Nc2nnnn2-c2ccccc2)C1. The molecule has 19 heavy (non-hydrogen) atoms. The first kappa shape index (κ1) is 12.1. The summed E-state index contributed by atoms with van der Waals surface area (Å²) in [4.78, 5) is 2.33. The molecule has 1 unspecified atom stereocenters. The van der Waals surface area contributed by atoms with E-state index in [-0.39, 0.29) is 0 Å². The fourth-order valence-electron chi connectivity index (χ4n) is 2.49. The molecule has 0 radical (unpaired) electrons. The number of nitrogens with zero attached hydrogens (tertiary/aromatic N) is 5. The van der Waals surface area contributed by atoms with E-state index in [0.29, 0.717) is 12.0 Å². The molecule has 0 amide bonds. The first-order valence-corrected chi connectivity index (χ1v) is 6.62. The maximum absolute atomic E-state index is 4.08. The average Bonchev–Trinajstić information content (AvgIpc) is 2.88. The molecule has 1 saturated heterocycles. The van der Waals surface area contributed by atoms with Crippen LogP contribution in [0.4, 0.5) is 5.95 Å². The summed E-state index contributed by atoms with van der Waals surface area (Å²) in [6, 6.07) is 10.3. The minimum atomic E-state index is 0.409. The highest BCUT2D eigenvalue weighted by Gasteiger charge is 2.19. The number of aromatic nitrogens is 4.